The Morgan fingerprint density at radius 2 is 2.00 bits per heavy atom. The first-order valence-corrected chi connectivity index (χ1v) is 16.5. The van der Waals surface area contributed by atoms with Crippen LogP contribution in [-0.2, 0) is 12.8 Å². The molecule has 0 radical (unpaired) electrons. The third-order valence-corrected chi connectivity index (χ3v) is 10.2. The van der Waals surface area contributed by atoms with Gasteiger partial charge in [0.05, 0.1) is 17.8 Å². The van der Waals surface area contributed by atoms with Crippen molar-refractivity contribution in [2.75, 3.05) is 19.6 Å². The number of aryl methyl sites for hydroxylation is 3. The molecule has 0 spiro atoms. The lowest BCUT2D eigenvalue weighted by atomic mass is 9.71. The highest BCUT2D eigenvalue weighted by Crippen LogP contribution is 2.38. The van der Waals surface area contributed by atoms with Gasteiger partial charge in [0.1, 0.15) is 16.0 Å². The fraction of sp³-hybridized carbons (Fsp3) is 0.545. The van der Waals surface area contributed by atoms with Crippen LogP contribution in [0, 0.1) is 25.2 Å². The number of hydrogen-bond acceptors (Lipinski definition) is 9. The van der Waals surface area contributed by atoms with Gasteiger partial charge in [-0.05, 0) is 80.9 Å². The number of amides is 1. The Bertz CT molecular complexity index is 1600. The smallest absolute Gasteiger partial charge is 0.280 e. The second kappa shape index (κ2) is 12.5. The van der Waals surface area contributed by atoms with Gasteiger partial charge < -0.3 is 20.1 Å². The minimum Gasteiger partial charge on any atom is -0.435 e. The number of hydrogen-bond donors (Lipinski definition) is 3. The lowest BCUT2D eigenvalue weighted by molar-refractivity contribution is 0.0795. The molecule has 1 aliphatic carbocycles. The minimum absolute atomic E-state index is 0.206. The summed E-state index contributed by atoms with van der Waals surface area (Å²) in [5.74, 6) is 1.54. The van der Waals surface area contributed by atoms with Crippen molar-refractivity contribution in [1.82, 2.24) is 35.4 Å². The molecule has 10 nitrogen and oxygen atoms in total. The average Bonchev–Trinajstić information content (AvgIpc) is 3.56. The molecule has 2 aliphatic rings. The molecule has 1 aliphatic heterocycles. The van der Waals surface area contributed by atoms with Crippen LogP contribution in [0.3, 0.4) is 0 Å². The zero-order valence-electron chi connectivity index (χ0n) is 26.3. The number of nitrogens with one attached hydrogen (secondary N) is 2. The van der Waals surface area contributed by atoms with Crippen LogP contribution in [0.15, 0.2) is 24.4 Å². The summed E-state index contributed by atoms with van der Waals surface area (Å²) in [6.07, 6.45) is 6.90. The number of pyridine rings is 2. The summed E-state index contributed by atoms with van der Waals surface area (Å²) in [6, 6.07) is 5.66. The predicted molar refractivity (Wildman–Crippen MR) is 171 cm³/mol. The molecule has 3 N–H and O–H groups in total. The largest absolute Gasteiger partial charge is 0.435 e. The molecule has 0 aromatic carbocycles. The van der Waals surface area contributed by atoms with E-state index in [4.69, 9.17) is 14.7 Å². The Hall–Kier alpha value is -3.41. The maximum Gasteiger partial charge on any atom is 0.280 e. The number of ether oxygens (including phenoxy) is 1. The maximum absolute atomic E-state index is 13.7. The van der Waals surface area contributed by atoms with Gasteiger partial charge in [-0.1, -0.05) is 38.2 Å². The molecule has 0 bridgehead atoms. The summed E-state index contributed by atoms with van der Waals surface area (Å²) in [6.45, 7) is 13.2. The van der Waals surface area contributed by atoms with Crippen molar-refractivity contribution in [3.63, 3.8) is 0 Å². The number of nitrogens with zero attached hydrogens (tertiary/aromatic N) is 5. The number of rotatable bonds is 8. The highest BCUT2D eigenvalue weighted by Gasteiger charge is 2.30. The lowest BCUT2D eigenvalue weighted by Crippen LogP contribution is -2.38. The third-order valence-electron chi connectivity index (χ3n) is 9.19. The Balaban J connectivity index is 1.20. The fourth-order valence-corrected chi connectivity index (χ4v) is 7.14. The first-order chi connectivity index (χ1) is 21.0. The highest BCUT2D eigenvalue weighted by molar-refractivity contribution is 7.19. The van der Waals surface area contributed by atoms with E-state index in [2.05, 4.69) is 52.2 Å². The average molecular weight is 618 g/mol. The van der Waals surface area contributed by atoms with Crippen molar-refractivity contribution >= 4 is 27.6 Å². The maximum atomic E-state index is 13.7. The summed E-state index contributed by atoms with van der Waals surface area (Å²) in [7, 11) is 0. The first-order valence-electron chi connectivity index (χ1n) is 15.7. The van der Waals surface area contributed by atoms with E-state index >= 15 is 0 Å². The van der Waals surface area contributed by atoms with E-state index in [1.54, 1.807) is 6.20 Å². The Morgan fingerprint density at radius 1 is 1.20 bits per heavy atom. The fourth-order valence-electron chi connectivity index (χ4n) is 6.30. The number of aromatic nitrogens is 5. The van der Waals surface area contributed by atoms with Crippen LogP contribution in [0.25, 0.3) is 10.3 Å². The van der Waals surface area contributed by atoms with Crippen molar-refractivity contribution in [2.45, 2.75) is 85.3 Å². The third kappa shape index (κ3) is 6.79. The molecule has 1 saturated heterocycles. The van der Waals surface area contributed by atoms with Crippen LogP contribution in [0.2, 0.25) is 0 Å². The van der Waals surface area contributed by atoms with Gasteiger partial charge in [0.15, 0.2) is 10.8 Å². The van der Waals surface area contributed by atoms with Crippen LogP contribution in [0.5, 0.6) is 11.6 Å². The Labute approximate surface area is 262 Å². The van der Waals surface area contributed by atoms with E-state index in [9.17, 15) is 9.90 Å². The van der Waals surface area contributed by atoms with Gasteiger partial charge in [-0.15, -0.1) is 0 Å². The molecule has 2 atom stereocenters. The van der Waals surface area contributed by atoms with Gasteiger partial charge in [-0.25, -0.2) is 15.0 Å². The first kappa shape index (κ1) is 30.6. The van der Waals surface area contributed by atoms with Crippen molar-refractivity contribution in [2.24, 2.45) is 11.3 Å². The van der Waals surface area contributed by atoms with Gasteiger partial charge >= 0.3 is 0 Å². The standard InChI is InChI=1S/C33H43N7O3S/c1-19-29(20(2)39-38-19)43-28-9-6-21(18-34-28)26(12-15-40-13-10-24(41)11-14-40)35-30(42)32-37-27-17-22-16-23(33(3,4)5)7-8-25(22)36-31(27)44-32/h6,9,17-18,23-24,26,41H,7-8,10-16H2,1-5H3,(H,35,42)(H,38,39)/t23-,26+/m0/s1. The molecule has 4 aromatic rings. The topological polar surface area (TPSA) is 129 Å². The minimum atomic E-state index is -0.269. The van der Waals surface area contributed by atoms with Crippen molar-refractivity contribution in [3.05, 3.63) is 57.6 Å². The quantitative estimate of drug-likeness (QED) is 0.230. The molecule has 1 amide bonds. The highest BCUT2D eigenvalue weighted by atomic mass is 32.1. The van der Waals surface area contributed by atoms with E-state index in [-0.39, 0.29) is 23.5 Å². The second-order valence-electron chi connectivity index (χ2n) is 13.4. The summed E-state index contributed by atoms with van der Waals surface area (Å²) in [5.41, 5.74) is 5.96. The molecule has 1 fully saturated rings. The lowest BCUT2D eigenvalue weighted by Gasteiger charge is -2.34. The van der Waals surface area contributed by atoms with Gasteiger partial charge in [0, 0.05) is 37.6 Å². The number of H-pyrrole nitrogens is 1. The number of carbonyl (C=O) groups excluding carboxylic acids is 1. The Morgan fingerprint density at radius 3 is 2.68 bits per heavy atom. The number of thiazole rings is 1. The van der Waals surface area contributed by atoms with Crippen LogP contribution >= 0.6 is 11.3 Å². The van der Waals surface area contributed by atoms with Crippen LogP contribution in [0.1, 0.15) is 90.5 Å². The molecular weight excluding hydrogens is 574 g/mol. The predicted octanol–water partition coefficient (Wildman–Crippen LogP) is 5.69. The molecule has 0 saturated carbocycles. The van der Waals surface area contributed by atoms with Crippen molar-refractivity contribution < 1.29 is 14.6 Å². The summed E-state index contributed by atoms with van der Waals surface area (Å²) in [4.78, 5) is 31.1. The van der Waals surface area contributed by atoms with Gasteiger partial charge in [-0.3, -0.25) is 9.89 Å². The van der Waals surface area contributed by atoms with Gasteiger partial charge in [0.2, 0.25) is 5.88 Å². The monoisotopic (exact) mass is 617 g/mol. The van der Waals surface area contributed by atoms with Crippen molar-refractivity contribution in [1.29, 1.82) is 0 Å². The summed E-state index contributed by atoms with van der Waals surface area (Å²) < 4.78 is 5.99. The van der Waals surface area contributed by atoms with E-state index in [1.165, 1.54) is 16.9 Å². The molecular formula is C33H43N7O3S. The summed E-state index contributed by atoms with van der Waals surface area (Å²) in [5, 5.41) is 20.7. The Kier molecular flexibility index (Phi) is 8.72. The van der Waals surface area contributed by atoms with Crippen LogP contribution in [-0.4, -0.2) is 66.8 Å². The van der Waals surface area contributed by atoms with E-state index in [1.807, 2.05) is 26.0 Å². The normalized spacial score (nSPS) is 18.7. The van der Waals surface area contributed by atoms with E-state index in [0.29, 0.717) is 29.0 Å². The summed E-state index contributed by atoms with van der Waals surface area (Å²) >= 11 is 1.36. The molecule has 44 heavy (non-hydrogen) atoms. The zero-order chi connectivity index (χ0) is 31.0. The van der Waals surface area contributed by atoms with Crippen molar-refractivity contribution in [3.8, 4) is 11.6 Å². The SMILES string of the molecule is Cc1n[nH]c(C)c1Oc1ccc([C@@H](CCN2CCC(O)CC2)NC(=O)c2nc3cc4c(nc3s2)CC[C@H](C(C)(C)C)C4)cn1. The van der Waals surface area contributed by atoms with Crippen LogP contribution in [0.4, 0.5) is 0 Å². The molecule has 5 heterocycles. The molecule has 11 heteroatoms. The number of aromatic amines is 1. The number of aliphatic hydroxyl groups is 1. The van der Waals surface area contributed by atoms with Gasteiger partial charge in [0.25, 0.3) is 5.91 Å². The number of aliphatic hydroxyl groups excluding tert-OH is 1. The molecule has 4 aromatic heterocycles. The second-order valence-corrected chi connectivity index (χ2v) is 14.4. The van der Waals surface area contributed by atoms with Crippen LogP contribution < -0.4 is 10.1 Å². The number of piperidine rings is 1. The number of fused-ring (bicyclic) bond motifs is 2. The van der Waals surface area contributed by atoms with E-state index in [0.717, 1.165) is 84.7 Å². The molecule has 234 valence electrons. The number of likely N-dealkylation sites (tertiary alicyclic amines) is 1. The zero-order valence-corrected chi connectivity index (χ0v) is 27.1. The van der Waals surface area contributed by atoms with E-state index < -0.39 is 0 Å². The molecule has 6 rings (SSSR count). The van der Waals surface area contributed by atoms with Gasteiger partial charge in [-0.2, -0.15) is 5.10 Å². The number of carbonyl (C=O) groups is 1. The molecule has 0 unspecified atom stereocenters.